The minimum absolute atomic E-state index is 0.304. The number of halogens is 1. The highest BCUT2D eigenvalue weighted by atomic mass is 19.1. The highest BCUT2D eigenvalue weighted by Gasteiger charge is 2.07. The van der Waals surface area contributed by atoms with E-state index in [1.54, 1.807) is 24.7 Å². The molecule has 4 aromatic rings. The Bertz CT molecular complexity index is 929. The quantitative estimate of drug-likeness (QED) is 0.530. The van der Waals surface area contributed by atoms with Gasteiger partial charge in [-0.25, -0.2) is 14.4 Å². The summed E-state index contributed by atoms with van der Waals surface area (Å²) in [6.07, 6.45) is 7.07. The second-order valence-corrected chi connectivity index (χ2v) is 4.49. The Morgan fingerprint density at radius 2 is 1.95 bits per heavy atom. The normalized spacial score (nSPS) is 11.2. The molecule has 0 N–H and O–H groups in total. The van der Waals surface area contributed by atoms with Crippen LogP contribution in [0.15, 0.2) is 55.1 Å². The van der Waals surface area contributed by atoms with Crippen LogP contribution in [0.2, 0.25) is 0 Å². The van der Waals surface area contributed by atoms with Crippen molar-refractivity contribution < 1.29 is 4.39 Å². The number of pyridine rings is 1. The topological polar surface area (TPSA) is 43.6 Å². The van der Waals surface area contributed by atoms with Crippen LogP contribution in [0, 0.1) is 5.82 Å². The van der Waals surface area contributed by atoms with Gasteiger partial charge in [0.25, 0.3) is 0 Å². The molecule has 4 nitrogen and oxygen atoms in total. The van der Waals surface area contributed by atoms with Crippen LogP contribution in [0.3, 0.4) is 0 Å². The van der Waals surface area contributed by atoms with E-state index in [1.165, 1.54) is 12.1 Å². The first-order valence-electron chi connectivity index (χ1n) is 6.15. The maximum atomic E-state index is 13.3. The van der Waals surface area contributed by atoms with Gasteiger partial charge in [0.15, 0.2) is 0 Å². The van der Waals surface area contributed by atoms with Crippen molar-refractivity contribution in [3.05, 3.63) is 60.9 Å². The van der Waals surface area contributed by atoms with Gasteiger partial charge in [-0.05, 0) is 24.3 Å². The summed E-state index contributed by atoms with van der Waals surface area (Å²) in [6, 6.07) is 8.37. The van der Waals surface area contributed by atoms with Gasteiger partial charge in [0.1, 0.15) is 5.82 Å². The predicted octanol–water partition coefficient (Wildman–Crippen LogP) is 3.11. The lowest BCUT2D eigenvalue weighted by Gasteiger charge is -2.04. The van der Waals surface area contributed by atoms with Crippen LogP contribution < -0.4 is 0 Å². The summed E-state index contributed by atoms with van der Waals surface area (Å²) >= 11 is 0. The van der Waals surface area contributed by atoms with Gasteiger partial charge in [-0.1, -0.05) is 0 Å². The van der Waals surface area contributed by atoms with Crippen LogP contribution in [0.4, 0.5) is 4.39 Å². The van der Waals surface area contributed by atoms with Crippen LogP contribution in [-0.2, 0) is 0 Å². The van der Waals surface area contributed by atoms with Gasteiger partial charge in [-0.3, -0.25) is 9.55 Å². The number of fused-ring (bicyclic) bond motifs is 2. The molecule has 0 atom stereocenters. The van der Waals surface area contributed by atoms with Gasteiger partial charge in [0, 0.05) is 35.4 Å². The van der Waals surface area contributed by atoms with Gasteiger partial charge in [0.2, 0.25) is 5.95 Å². The van der Waals surface area contributed by atoms with E-state index in [0.717, 1.165) is 16.3 Å². The number of rotatable bonds is 1. The van der Waals surface area contributed by atoms with E-state index in [4.69, 9.17) is 0 Å². The molecule has 0 saturated heterocycles. The summed E-state index contributed by atoms with van der Waals surface area (Å²) in [6.45, 7) is 0. The molecule has 20 heavy (non-hydrogen) atoms. The molecule has 96 valence electrons. The van der Waals surface area contributed by atoms with Crippen LogP contribution in [-0.4, -0.2) is 19.5 Å². The summed E-state index contributed by atoms with van der Waals surface area (Å²) in [4.78, 5) is 12.9. The molecule has 3 heterocycles. The molecule has 0 fully saturated rings. The fourth-order valence-corrected chi connectivity index (χ4v) is 2.25. The fraction of sp³-hybridized carbons (Fsp3) is 0. The van der Waals surface area contributed by atoms with Gasteiger partial charge >= 0.3 is 0 Å². The molecule has 5 heteroatoms. The smallest absolute Gasteiger partial charge is 0.234 e. The number of nitrogens with zero attached hydrogens (tertiary/aromatic N) is 4. The third-order valence-electron chi connectivity index (χ3n) is 3.24. The lowest BCUT2D eigenvalue weighted by molar-refractivity contribution is 0.629. The largest absolute Gasteiger partial charge is 0.284 e. The highest BCUT2D eigenvalue weighted by molar-refractivity contribution is 5.81. The van der Waals surface area contributed by atoms with Crippen molar-refractivity contribution in [2.24, 2.45) is 0 Å². The van der Waals surface area contributed by atoms with E-state index in [9.17, 15) is 4.39 Å². The van der Waals surface area contributed by atoms with Crippen molar-refractivity contribution in [1.82, 2.24) is 19.5 Å². The summed E-state index contributed by atoms with van der Waals surface area (Å²) < 4.78 is 15.1. The van der Waals surface area contributed by atoms with Crippen molar-refractivity contribution >= 4 is 21.8 Å². The number of aromatic nitrogens is 4. The first-order valence-corrected chi connectivity index (χ1v) is 6.15. The first kappa shape index (κ1) is 11.0. The average molecular weight is 264 g/mol. The van der Waals surface area contributed by atoms with Crippen LogP contribution in [0.5, 0.6) is 0 Å². The summed E-state index contributed by atoms with van der Waals surface area (Å²) in [5.41, 5.74) is 1.50. The van der Waals surface area contributed by atoms with Crippen molar-refractivity contribution in [1.29, 1.82) is 0 Å². The zero-order chi connectivity index (χ0) is 13.5. The van der Waals surface area contributed by atoms with Crippen LogP contribution in [0.1, 0.15) is 0 Å². The Balaban J connectivity index is 1.97. The Morgan fingerprint density at radius 1 is 1.00 bits per heavy atom. The third-order valence-corrected chi connectivity index (χ3v) is 3.24. The number of hydrogen-bond acceptors (Lipinski definition) is 3. The highest BCUT2D eigenvalue weighted by Crippen LogP contribution is 2.19. The zero-order valence-corrected chi connectivity index (χ0v) is 10.4. The van der Waals surface area contributed by atoms with Crippen molar-refractivity contribution in [3.8, 4) is 5.95 Å². The lowest BCUT2D eigenvalue weighted by Crippen LogP contribution is -1.99. The second-order valence-electron chi connectivity index (χ2n) is 4.49. The minimum Gasteiger partial charge on any atom is -0.284 e. The molecule has 0 bridgehead atoms. The molecular weight excluding hydrogens is 255 g/mol. The minimum atomic E-state index is -0.304. The molecular formula is C15H9FN4. The van der Waals surface area contributed by atoms with E-state index in [1.807, 2.05) is 22.9 Å². The third kappa shape index (κ3) is 1.64. The van der Waals surface area contributed by atoms with Crippen molar-refractivity contribution in [2.75, 3.05) is 0 Å². The molecule has 0 aliphatic heterocycles. The van der Waals surface area contributed by atoms with Gasteiger partial charge in [-0.2, -0.15) is 0 Å². The van der Waals surface area contributed by atoms with Gasteiger partial charge < -0.3 is 0 Å². The van der Waals surface area contributed by atoms with E-state index >= 15 is 0 Å². The Hall–Kier alpha value is -2.82. The monoisotopic (exact) mass is 264 g/mol. The summed E-state index contributed by atoms with van der Waals surface area (Å²) in [7, 11) is 0. The summed E-state index contributed by atoms with van der Waals surface area (Å²) in [5, 5.41) is 1.87. The molecule has 0 spiro atoms. The zero-order valence-electron chi connectivity index (χ0n) is 10.4. The fourth-order valence-electron chi connectivity index (χ4n) is 2.25. The Morgan fingerprint density at radius 3 is 2.90 bits per heavy atom. The first-order chi connectivity index (χ1) is 9.81. The molecule has 1 aromatic carbocycles. The number of benzene rings is 1. The van der Waals surface area contributed by atoms with Crippen LogP contribution >= 0.6 is 0 Å². The Kier molecular flexibility index (Phi) is 2.26. The molecule has 0 aliphatic rings. The molecule has 0 aliphatic carbocycles. The average Bonchev–Trinajstić information content (AvgIpc) is 2.90. The van der Waals surface area contributed by atoms with Crippen LogP contribution in [0.25, 0.3) is 27.8 Å². The van der Waals surface area contributed by atoms with Crippen molar-refractivity contribution in [3.63, 3.8) is 0 Å². The molecule has 0 radical (unpaired) electrons. The number of hydrogen-bond donors (Lipinski definition) is 0. The standard InChI is InChI=1S/C15H9FN4/c16-12-2-1-11-8-18-15(19-13(11)7-12)20-6-4-10-3-5-17-9-14(10)20/h1-9H. The van der Waals surface area contributed by atoms with E-state index < -0.39 is 0 Å². The van der Waals surface area contributed by atoms with Gasteiger partial charge in [0.05, 0.1) is 17.2 Å². The molecule has 0 amide bonds. The van der Waals surface area contributed by atoms with E-state index in [2.05, 4.69) is 15.0 Å². The molecule has 0 saturated carbocycles. The Labute approximate surface area is 113 Å². The molecule has 3 aromatic heterocycles. The molecule has 0 unspecified atom stereocenters. The second kappa shape index (κ2) is 4.09. The lowest BCUT2D eigenvalue weighted by atomic mass is 10.2. The van der Waals surface area contributed by atoms with E-state index in [-0.39, 0.29) is 5.82 Å². The predicted molar refractivity (Wildman–Crippen MR) is 74.1 cm³/mol. The maximum absolute atomic E-state index is 13.3. The maximum Gasteiger partial charge on any atom is 0.234 e. The van der Waals surface area contributed by atoms with Crippen molar-refractivity contribution in [2.45, 2.75) is 0 Å². The summed E-state index contributed by atoms with van der Waals surface area (Å²) in [5.74, 6) is 0.201. The SMILES string of the molecule is Fc1ccc2cnc(-n3ccc4ccncc43)nc2c1. The molecule has 4 rings (SSSR count). The van der Waals surface area contributed by atoms with E-state index in [0.29, 0.717) is 11.5 Å². The van der Waals surface area contributed by atoms with Gasteiger partial charge in [-0.15, -0.1) is 0 Å².